The Morgan fingerprint density at radius 3 is 2.56 bits per heavy atom. The molecule has 0 N–H and O–H groups in total. The van der Waals surface area contributed by atoms with E-state index in [0.29, 0.717) is 6.54 Å². The second kappa shape index (κ2) is 5.53. The molecular weight excluding hydrogens is 290 g/mol. The predicted octanol–water partition coefficient (Wildman–Crippen LogP) is 3.58. The molecule has 0 aliphatic heterocycles. The van der Waals surface area contributed by atoms with Gasteiger partial charge in [-0.2, -0.15) is 0 Å². The van der Waals surface area contributed by atoms with E-state index in [1.54, 1.807) is 4.90 Å². The molecule has 18 heavy (non-hydrogen) atoms. The van der Waals surface area contributed by atoms with Gasteiger partial charge in [-0.1, -0.05) is 52.3 Å². The Hall–Kier alpha value is -1.35. The van der Waals surface area contributed by atoms with Crippen molar-refractivity contribution in [3.8, 4) is 0 Å². The zero-order valence-corrected chi connectivity index (χ0v) is 12.1. The molecule has 0 aliphatic carbocycles. The lowest BCUT2D eigenvalue weighted by molar-refractivity contribution is -0.129. The molecule has 2 aromatic rings. The zero-order valence-electron chi connectivity index (χ0n) is 10.6. The average Bonchev–Trinajstić information content (AvgIpc) is 2.37. The summed E-state index contributed by atoms with van der Waals surface area (Å²) in [6, 6.07) is 14.6. The van der Waals surface area contributed by atoms with Crippen LogP contribution in [0.5, 0.6) is 0 Å². The van der Waals surface area contributed by atoms with Crippen LogP contribution in [0, 0.1) is 0 Å². The summed E-state index contributed by atoms with van der Waals surface area (Å²) in [7, 11) is 1.83. The predicted molar refractivity (Wildman–Crippen MR) is 78.8 cm³/mol. The first kappa shape index (κ1) is 13.1. The van der Waals surface area contributed by atoms with Gasteiger partial charge in [0.25, 0.3) is 0 Å². The van der Waals surface area contributed by atoms with E-state index in [-0.39, 0.29) is 10.7 Å². The molecule has 2 nitrogen and oxygen atoms in total. The first-order valence-corrected chi connectivity index (χ1v) is 6.86. The summed E-state index contributed by atoms with van der Waals surface area (Å²) in [5.41, 5.74) is 1.15. The van der Waals surface area contributed by atoms with Crippen LogP contribution >= 0.6 is 15.9 Å². The van der Waals surface area contributed by atoms with Crippen molar-refractivity contribution in [2.24, 2.45) is 0 Å². The van der Waals surface area contributed by atoms with Crippen molar-refractivity contribution in [1.82, 2.24) is 4.90 Å². The quantitative estimate of drug-likeness (QED) is 0.794. The lowest BCUT2D eigenvalue weighted by Crippen LogP contribution is -2.31. The minimum Gasteiger partial charge on any atom is -0.340 e. The summed E-state index contributed by atoms with van der Waals surface area (Å²) in [6.07, 6.45) is 0. The number of amides is 1. The molecule has 0 radical (unpaired) electrons. The van der Waals surface area contributed by atoms with Crippen molar-refractivity contribution in [3.63, 3.8) is 0 Å². The van der Waals surface area contributed by atoms with Crippen molar-refractivity contribution in [2.75, 3.05) is 7.05 Å². The van der Waals surface area contributed by atoms with Gasteiger partial charge in [-0.15, -0.1) is 0 Å². The van der Waals surface area contributed by atoms with Gasteiger partial charge in [-0.25, -0.2) is 0 Å². The van der Waals surface area contributed by atoms with Crippen molar-refractivity contribution in [1.29, 1.82) is 0 Å². The van der Waals surface area contributed by atoms with E-state index in [4.69, 9.17) is 0 Å². The van der Waals surface area contributed by atoms with E-state index in [1.807, 2.05) is 26.1 Å². The molecule has 2 rings (SSSR count). The van der Waals surface area contributed by atoms with Crippen LogP contribution < -0.4 is 0 Å². The Morgan fingerprint density at radius 1 is 1.22 bits per heavy atom. The van der Waals surface area contributed by atoms with Crippen molar-refractivity contribution < 1.29 is 4.79 Å². The molecule has 0 aliphatic rings. The van der Waals surface area contributed by atoms with E-state index in [0.717, 1.165) is 5.56 Å². The van der Waals surface area contributed by atoms with E-state index in [2.05, 4.69) is 46.3 Å². The fourth-order valence-electron chi connectivity index (χ4n) is 1.99. The summed E-state index contributed by atoms with van der Waals surface area (Å²) in [5, 5.41) is 2.44. The number of carbonyl (C=O) groups is 1. The molecule has 3 heteroatoms. The fourth-order valence-corrected chi connectivity index (χ4v) is 2.34. The van der Waals surface area contributed by atoms with Crippen LogP contribution in [0.1, 0.15) is 12.5 Å². The van der Waals surface area contributed by atoms with Crippen LogP contribution in [0.15, 0.2) is 42.5 Å². The van der Waals surface area contributed by atoms with E-state index in [9.17, 15) is 4.79 Å². The fraction of sp³-hybridized carbons (Fsp3) is 0.267. The summed E-state index contributed by atoms with van der Waals surface area (Å²) >= 11 is 3.30. The van der Waals surface area contributed by atoms with Crippen LogP contribution in [-0.2, 0) is 11.3 Å². The number of carbonyl (C=O) groups excluding carboxylic acids is 1. The molecule has 0 spiro atoms. The molecule has 0 saturated carbocycles. The second-order valence-electron chi connectivity index (χ2n) is 4.49. The summed E-state index contributed by atoms with van der Waals surface area (Å²) in [4.78, 5) is 13.4. The molecular formula is C15H16BrNO. The average molecular weight is 306 g/mol. The molecule has 1 unspecified atom stereocenters. The molecule has 0 fully saturated rings. The van der Waals surface area contributed by atoms with Gasteiger partial charge in [0.15, 0.2) is 0 Å². The molecule has 2 aromatic carbocycles. The number of nitrogens with zero attached hydrogens (tertiary/aromatic N) is 1. The highest BCUT2D eigenvalue weighted by atomic mass is 79.9. The van der Waals surface area contributed by atoms with Gasteiger partial charge in [0.2, 0.25) is 5.91 Å². The number of hydrogen-bond acceptors (Lipinski definition) is 1. The van der Waals surface area contributed by atoms with Crippen molar-refractivity contribution in [3.05, 3.63) is 48.0 Å². The molecule has 94 valence electrons. The Labute approximate surface area is 116 Å². The van der Waals surface area contributed by atoms with Gasteiger partial charge < -0.3 is 4.90 Å². The van der Waals surface area contributed by atoms with Crippen molar-refractivity contribution >= 4 is 32.6 Å². The summed E-state index contributed by atoms with van der Waals surface area (Å²) < 4.78 is 0. The van der Waals surface area contributed by atoms with Gasteiger partial charge in [-0.3, -0.25) is 4.79 Å². The largest absolute Gasteiger partial charge is 0.340 e. The molecule has 0 saturated heterocycles. The Bertz CT molecular complexity index is 565. The highest BCUT2D eigenvalue weighted by Gasteiger charge is 2.14. The minimum atomic E-state index is -0.136. The maximum atomic E-state index is 11.8. The first-order chi connectivity index (χ1) is 8.58. The summed E-state index contributed by atoms with van der Waals surface area (Å²) in [5.74, 6) is 0.100. The first-order valence-electron chi connectivity index (χ1n) is 5.94. The number of halogens is 1. The van der Waals surface area contributed by atoms with E-state index in [1.165, 1.54) is 10.8 Å². The van der Waals surface area contributed by atoms with Gasteiger partial charge in [-0.05, 0) is 29.3 Å². The Balaban J connectivity index is 2.19. The van der Waals surface area contributed by atoms with Crippen molar-refractivity contribution in [2.45, 2.75) is 18.3 Å². The third kappa shape index (κ3) is 2.91. The van der Waals surface area contributed by atoms with Crippen LogP contribution in [0.4, 0.5) is 0 Å². The lowest BCUT2D eigenvalue weighted by Gasteiger charge is -2.19. The third-order valence-electron chi connectivity index (χ3n) is 2.95. The topological polar surface area (TPSA) is 20.3 Å². The van der Waals surface area contributed by atoms with E-state index >= 15 is 0 Å². The maximum Gasteiger partial charge on any atom is 0.236 e. The SMILES string of the molecule is CC(Br)C(=O)N(C)Cc1ccc2ccccc2c1. The highest BCUT2D eigenvalue weighted by Crippen LogP contribution is 2.17. The van der Waals surface area contributed by atoms with Crippen LogP contribution in [-0.4, -0.2) is 22.7 Å². The molecule has 1 atom stereocenters. The minimum absolute atomic E-state index is 0.100. The molecule has 0 heterocycles. The smallest absolute Gasteiger partial charge is 0.236 e. The number of fused-ring (bicyclic) bond motifs is 1. The van der Waals surface area contributed by atoms with Gasteiger partial charge >= 0.3 is 0 Å². The van der Waals surface area contributed by atoms with Crippen LogP contribution in [0.3, 0.4) is 0 Å². The van der Waals surface area contributed by atoms with Gasteiger partial charge in [0, 0.05) is 13.6 Å². The van der Waals surface area contributed by atoms with Gasteiger partial charge in [0.1, 0.15) is 0 Å². The number of alkyl halides is 1. The van der Waals surface area contributed by atoms with Crippen LogP contribution in [0.25, 0.3) is 10.8 Å². The normalized spacial score (nSPS) is 12.4. The summed E-state index contributed by atoms with van der Waals surface area (Å²) in [6.45, 7) is 2.48. The maximum absolute atomic E-state index is 11.8. The number of benzene rings is 2. The highest BCUT2D eigenvalue weighted by molar-refractivity contribution is 9.10. The van der Waals surface area contributed by atoms with E-state index < -0.39 is 0 Å². The Morgan fingerprint density at radius 2 is 1.89 bits per heavy atom. The molecule has 1 amide bonds. The third-order valence-corrected chi connectivity index (χ3v) is 3.34. The van der Waals surface area contributed by atoms with Crippen LogP contribution in [0.2, 0.25) is 0 Å². The monoisotopic (exact) mass is 305 g/mol. The second-order valence-corrected chi connectivity index (χ2v) is 5.87. The van der Waals surface area contributed by atoms with Gasteiger partial charge in [0.05, 0.1) is 4.83 Å². The molecule has 0 bridgehead atoms. The zero-order chi connectivity index (χ0) is 13.1. The Kier molecular flexibility index (Phi) is 4.02. The number of hydrogen-bond donors (Lipinski definition) is 0. The standard InChI is InChI=1S/C15H16BrNO/c1-11(16)15(18)17(2)10-12-7-8-13-5-3-4-6-14(13)9-12/h3-9,11H,10H2,1-2H3. The lowest BCUT2D eigenvalue weighted by atomic mass is 10.1. The number of rotatable bonds is 3. The molecule has 0 aromatic heterocycles.